The third-order valence-corrected chi connectivity index (χ3v) is 4.32. The minimum Gasteiger partial charge on any atom is -0.378 e. The van der Waals surface area contributed by atoms with E-state index in [4.69, 9.17) is 4.74 Å². The standard InChI is InChI=1S/C19H23N3O2/c1-22(12-3-8-17-9-4-13-24-17)19(23)16-7-2-6-15(14-16)18-20-10-5-11-21-18/h2,5-7,10-11,14,17H,3-4,8-9,12-13H2,1H3. The molecule has 2 heterocycles. The van der Waals surface area contributed by atoms with E-state index in [9.17, 15) is 4.79 Å². The van der Waals surface area contributed by atoms with E-state index in [-0.39, 0.29) is 5.91 Å². The van der Waals surface area contributed by atoms with Crippen LogP contribution in [-0.2, 0) is 4.74 Å². The third kappa shape index (κ3) is 4.17. The van der Waals surface area contributed by atoms with Crippen LogP contribution in [0.1, 0.15) is 36.0 Å². The highest BCUT2D eigenvalue weighted by Gasteiger charge is 2.17. The highest BCUT2D eigenvalue weighted by molar-refractivity contribution is 5.95. The van der Waals surface area contributed by atoms with Crippen molar-refractivity contribution in [3.8, 4) is 11.4 Å². The molecule has 126 valence electrons. The number of aromatic nitrogens is 2. The molecule has 1 aliphatic heterocycles. The predicted molar refractivity (Wildman–Crippen MR) is 92.6 cm³/mol. The van der Waals surface area contributed by atoms with Crippen LogP contribution in [-0.4, -0.2) is 47.1 Å². The molecule has 0 radical (unpaired) electrons. The minimum atomic E-state index is 0.0279. The zero-order valence-electron chi connectivity index (χ0n) is 14.0. The van der Waals surface area contributed by atoms with Crippen molar-refractivity contribution >= 4 is 5.91 Å². The van der Waals surface area contributed by atoms with Gasteiger partial charge in [0.05, 0.1) is 6.10 Å². The minimum absolute atomic E-state index is 0.0279. The lowest BCUT2D eigenvalue weighted by Gasteiger charge is -2.18. The molecule has 0 saturated carbocycles. The normalized spacial score (nSPS) is 17.0. The maximum Gasteiger partial charge on any atom is 0.253 e. The Kier molecular flexibility index (Phi) is 5.54. The van der Waals surface area contributed by atoms with Crippen molar-refractivity contribution in [1.29, 1.82) is 0 Å². The van der Waals surface area contributed by atoms with Crippen LogP contribution in [0, 0.1) is 0 Å². The first kappa shape index (κ1) is 16.6. The zero-order valence-corrected chi connectivity index (χ0v) is 14.0. The van der Waals surface area contributed by atoms with Crippen LogP contribution in [0.25, 0.3) is 11.4 Å². The Morgan fingerprint density at radius 2 is 2.12 bits per heavy atom. The van der Waals surface area contributed by atoms with E-state index in [2.05, 4.69) is 9.97 Å². The van der Waals surface area contributed by atoms with E-state index < -0.39 is 0 Å². The molecule has 1 aliphatic rings. The molecule has 1 aromatic carbocycles. The Bertz CT molecular complexity index is 669. The van der Waals surface area contributed by atoms with Crippen molar-refractivity contribution in [2.45, 2.75) is 31.8 Å². The van der Waals surface area contributed by atoms with Crippen LogP contribution < -0.4 is 0 Å². The Morgan fingerprint density at radius 1 is 1.29 bits per heavy atom. The first-order chi connectivity index (χ1) is 11.7. The lowest BCUT2D eigenvalue weighted by atomic mass is 10.1. The SMILES string of the molecule is CN(CCCC1CCCO1)C(=O)c1cccc(-c2ncccn2)c1. The van der Waals surface area contributed by atoms with Crippen molar-refractivity contribution in [3.63, 3.8) is 0 Å². The van der Waals surface area contributed by atoms with Crippen molar-refractivity contribution in [3.05, 3.63) is 48.3 Å². The summed E-state index contributed by atoms with van der Waals surface area (Å²) in [6, 6.07) is 9.27. The van der Waals surface area contributed by atoms with Gasteiger partial charge in [0.25, 0.3) is 5.91 Å². The van der Waals surface area contributed by atoms with Crippen molar-refractivity contribution in [2.24, 2.45) is 0 Å². The fourth-order valence-corrected chi connectivity index (χ4v) is 2.99. The fourth-order valence-electron chi connectivity index (χ4n) is 2.99. The first-order valence-electron chi connectivity index (χ1n) is 8.48. The molecule has 1 unspecified atom stereocenters. The van der Waals surface area contributed by atoms with Gasteiger partial charge < -0.3 is 9.64 Å². The second-order valence-electron chi connectivity index (χ2n) is 6.16. The third-order valence-electron chi connectivity index (χ3n) is 4.32. The zero-order chi connectivity index (χ0) is 16.8. The van der Waals surface area contributed by atoms with Gasteiger partial charge in [0.1, 0.15) is 0 Å². The van der Waals surface area contributed by atoms with Crippen molar-refractivity contribution in [2.75, 3.05) is 20.2 Å². The molecule has 2 aromatic rings. The molecule has 1 fully saturated rings. The number of amides is 1. The van der Waals surface area contributed by atoms with Gasteiger partial charge in [0.15, 0.2) is 5.82 Å². The quantitative estimate of drug-likeness (QED) is 0.818. The Labute approximate surface area is 142 Å². The predicted octanol–water partition coefficient (Wildman–Crippen LogP) is 3.17. The van der Waals surface area contributed by atoms with E-state index in [0.717, 1.165) is 44.4 Å². The lowest BCUT2D eigenvalue weighted by Crippen LogP contribution is -2.28. The molecule has 0 aliphatic carbocycles. The molecular formula is C19H23N3O2. The van der Waals surface area contributed by atoms with Crippen molar-refractivity contribution < 1.29 is 9.53 Å². The molecule has 1 amide bonds. The number of nitrogens with zero attached hydrogens (tertiary/aromatic N) is 3. The smallest absolute Gasteiger partial charge is 0.253 e. The van der Waals surface area contributed by atoms with E-state index in [0.29, 0.717) is 17.5 Å². The van der Waals surface area contributed by atoms with Gasteiger partial charge in [0, 0.05) is 43.7 Å². The van der Waals surface area contributed by atoms with Crippen LogP contribution in [0.3, 0.4) is 0 Å². The van der Waals surface area contributed by atoms with E-state index >= 15 is 0 Å². The van der Waals surface area contributed by atoms with Gasteiger partial charge >= 0.3 is 0 Å². The summed E-state index contributed by atoms with van der Waals surface area (Å²) in [7, 11) is 1.85. The summed E-state index contributed by atoms with van der Waals surface area (Å²) in [4.78, 5) is 22.9. The highest BCUT2D eigenvalue weighted by Crippen LogP contribution is 2.18. The van der Waals surface area contributed by atoms with E-state index in [1.807, 2.05) is 31.3 Å². The fraction of sp³-hybridized carbons (Fsp3) is 0.421. The maximum atomic E-state index is 12.6. The molecule has 1 atom stereocenters. The molecule has 24 heavy (non-hydrogen) atoms. The van der Waals surface area contributed by atoms with Crippen LogP contribution in [0.15, 0.2) is 42.7 Å². The summed E-state index contributed by atoms with van der Waals surface area (Å²) in [5.41, 5.74) is 1.52. The summed E-state index contributed by atoms with van der Waals surface area (Å²) < 4.78 is 5.63. The molecule has 1 aromatic heterocycles. The molecule has 0 bridgehead atoms. The van der Waals surface area contributed by atoms with Crippen LogP contribution in [0.2, 0.25) is 0 Å². The first-order valence-corrected chi connectivity index (χ1v) is 8.48. The number of carbonyl (C=O) groups is 1. The summed E-state index contributed by atoms with van der Waals surface area (Å²) in [6.07, 6.45) is 8.09. The number of carbonyl (C=O) groups excluding carboxylic acids is 1. The summed E-state index contributed by atoms with van der Waals surface area (Å²) in [6.45, 7) is 1.62. The van der Waals surface area contributed by atoms with Crippen molar-refractivity contribution in [1.82, 2.24) is 14.9 Å². The second kappa shape index (κ2) is 8.02. The van der Waals surface area contributed by atoms with Gasteiger partial charge in [-0.1, -0.05) is 12.1 Å². The van der Waals surface area contributed by atoms with Gasteiger partial charge in [0.2, 0.25) is 0 Å². The van der Waals surface area contributed by atoms with Gasteiger partial charge in [-0.05, 0) is 43.9 Å². The highest BCUT2D eigenvalue weighted by atomic mass is 16.5. The average Bonchev–Trinajstić information content (AvgIpc) is 3.15. The van der Waals surface area contributed by atoms with E-state index in [1.165, 1.54) is 0 Å². The number of ether oxygens (including phenoxy) is 1. The lowest BCUT2D eigenvalue weighted by molar-refractivity contribution is 0.0763. The Hall–Kier alpha value is -2.27. The maximum absolute atomic E-state index is 12.6. The van der Waals surface area contributed by atoms with E-state index in [1.54, 1.807) is 23.4 Å². The Balaban J connectivity index is 1.59. The van der Waals surface area contributed by atoms with Gasteiger partial charge in [-0.15, -0.1) is 0 Å². The molecule has 1 saturated heterocycles. The van der Waals surface area contributed by atoms with Crippen LogP contribution >= 0.6 is 0 Å². The van der Waals surface area contributed by atoms with Gasteiger partial charge in [-0.3, -0.25) is 4.79 Å². The average molecular weight is 325 g/mol. The number of rotatable bonds is 6. The molecule has 5 nitrogen and oxygen atoms in total. The van der Waals surface area contributed by atoms with Gasteiger partial charge in [-0.25, -0.2) is 9.97 Å². The molecule has 5 heteroatoms. The number of hydrogen-bond donors (Lipinski definition) is 0. The topological polar surface area (TPSA) is 55.3 Å². The molecular weight excluding hydrogens is 302 g/mol. The number of hydrogen-bond acceptors (Lipinski definition) is 4. The number of benzene rings is 1. The van der Waals surface area contributed by atoms with Crippen LogP contribution in [0.4, 0.5) is 0 Å². The Morgan fingerprint density at radius 3 is 2.88 bits per heavy atom. The molecule has 3 rings (SSSR count). The summed E-state index contributed by atoms with van der Waals surface area (Å²) in [5, 5.41) is 0. The molecule has 0 N–H and O–H groups in total. The van der Waals surface area contributed by atoms with Crippen LogP contribution in [0.5, 0.6) is 0 Å². The monoisotopic (exact) mass is 325 g/mol. The molecule has 0 spiro atoms. The van der Waals surface area contributed by atoms with Gasteiger partial charge in [-0.2, -0.15) is 0 Å². The second-order valence-corrected chi connectivity index (χ2v) is 6.16. The summed E-state index contributed by atoms with van der Waals surface area (Å²) >= 11 is 0. The summed E-state index contributed by atoms with van der Waals surface area (Å²) in [5.74, 6) is 0.660. The largest absolute Gasteiger partial charge is 0.378 e.